The molecule has 0 aliphatic rings. The van der Waals surface area contributed by atoms with Crippen molar-refractivity contribution in [3.8, 4) is 11.5 Å². The minimum absolute atomic E-state index is 0.319. The Morgan fingerprint density at radius 3 is 2.67 bits per heavy atom. The molecule has 0 radical (unpaired) electrons. The number of aryl methyl sites for hydroxylation is 1. The van der Waals surface area contributed by atoms with E-state index in [0.717, 1.165) is 11.1 Å². The predicted octanol–water partition coefficient (Wildman–Crippen LogP) is 3.23. The Kier molecular flexibility index (Phi) is 5.11. The highest BCUT2D eigenvalue weighted by Crippen LogP contribution is 2.19. The Morgan fingerprint density at radius 1 is 1.14 bits per heavy atom. The van der Waals surface area contributed by atoms with Crippen LogP contribution < -0.4 is 15.2 Å². The summed E-state index contributed by atoms with van der Waals surface area (Å²) in [7, 11) is 0. The summed E-state index contributed by atoms with van der Waals surface area (Å²) in [6.07, 6.45) is 0. The Morgan fingerprint density at radius 2 is 1.90 bits per heavy atom. The molecule has 21 heavy (non-hydrogen) atoms. The van der Waals surface area contributed by atoms with Crippen LogP contribution in [0.2, 0.25) is 0 Å². The van der Waals surface area contributed by atoms with Crippen molar-refractivity contribution in [2.45, 2.75) is 6.92 Å². The first-order chi connectivity index (χ1) is 10.1. The first kappa shape index (κ1) is 15.3. The standard InChI is InChI=1S/C16H16FNO2S/c1-11-5-6-13(17)10-15(11)20-8-7-19-14-4-2-3-12(9-14)16(18)21/h2-6,9-10H,7-8H2,1H3,(H2,18,21). The van der Waals surface area contributed by atoms with E-state index >= 15 is 0 Å². The molecule has 5 heteroatoms. The second-order valence-corrected chi connectivity index (χ2v) is 4.94. The molecule has 0 spiro atoms. The van der Waals surface area contributed by atoms with Gasteiger partial charge in [-0.25, -0.2) is 4.39 Å². The number of ether oxygens (including phenoxy) is 2. The largest absolute Gasteiger partial charge is 0.490 e. The number of nitrogens with two attached hydrogens (primary N) is 1. The molecule has 110 valence electrons. The van der Waals surface area contributed by atoms with Crippen molar-refractivity contribution >= 4 is 17.2 Å². The van der Waals surface area contributed by atoms with Gasteiger partial charge in [0.15, 0.2) is 0 Å². The molecule has 0 aliphatic carbocycles. The van der Waals surface area contributed by atoms with Gasteiger partial charge >= 0.3 is 0 Å². The van der Waals surface area contributed by atoms with Gasteiger partial charge in [0, 0.05) is 11.6 Å². The van der Waals surface area contributed by atoms with Crippen molar-refractivity contribution in [3.05, 3.63) is 59.4 Å². The molecular weight excluding hydrogens is 289 g/mol. The van der Waals surface area contributed by atoms with Crippen LogP contribution >= 0.6 is 12.2 Å². The molecule has 2 aromatic carbocycles. The summed E-state index contributed by atoms with van der Waals surface area (Å²) in [5.41, 5.74) is 7.20. The summed E-state index contributed by atoms with van der Waals surface area (Å²) in [4.78, 5) is 0.326. The van der Waals surface area contributed by atoms with Crippen LogP contribution in [0.3, 0.4) is 0 Å². The molecule has 2 N–H and O–H groups in total. The van der Waals surface area contributed by atoms with Gasteiger partial charge in [-0.3, -0.25) is 0 Å². The molecule has 2 rings (SSSR count). The fourth-order valence-corrected chi connectivity index (χ4v) is 1.91. The molecule has 0 saturated heterocycles. The molecule has 0 aromatic heterocycles. The van der Waals surface area contributed by atoms with Crippen LogP contribution in [0, 0.1) is 12.7 Å². The van der Waals surface area contributed by atoms with Gasteiger partial charge in [0.25, 0.3) is 0 Å². The van der Waals surface area contributed by atoms with Crippen molar-refractivity contribution in [3.63, 3.8) is 0 Å². The van der Waals surface area contributed by atoms with E-state index in [4.69, 9.17) is 27.4 Å². The maximum atomic E-state index is 13.1. The van der Waals surface area contributed by atoms with Crippen LogP contribution in [0.4, 0.5) is 4.39 Å². The molecule has 0 atom stereocenters. The van der Waals surface area contributed by atoms with E-state index in [2.05, 4.69) is 0 Å². The van der Waals surface area contributed by atoms with Crippen LogP contribution in [0.25, 0.3) is 0 Å². The fraction of sp³-hybridized carbons (Fsp3) is 0.188. The third kappa shape index (κ3) is 4.43. The highest BCUT2D eigenvalue weighted by atomic mass is 32.1. The minimum atomic E-state index is -0.319. The van der Waals surface area contributed by atoms with Crippen LogP contribution in [0.5, 0.6) is 11.5 Å². The average molecular weight is 305 g/mol. The van der Waals surface area contributed by atoms with Crippen LogP contribution in [-0.4, -0.2) is 18.2 Å². The van der Waals surface area contributed by atoms with E-state index in [9.17, 15) is 4.39 Å². The first-order valence-corrected chi connectivity index (χ1v) is 6.89. The zero-order valence-electron chi connectivity index (χ0n) is 11.6. The average Bonchev–Trinajstić information content (AvgIpc) is 2.47. The van der Waals surface area contributed by atoms with Gasteiger partial charge in [0.2, 0.25) is 0 Å². The molecule has 0 unspecified atom stereocenters. The summed E-state index contributed by atoms with van der Waals surface area (Å²) in [6.45, 7) is 2.53. The maximum absolute atomic E-state index is 13.1. The third-order valence-electron chi connectivity index (χ3n) is 2.88. The smallest absolute Gasteiger partial charge is 0.126 e. The highest BCUT2D eigenvalue weighted by molar-refractivity contribution is 7.80. The van der Waals surface area contributed by atoms with E-state index in [-0.39, 0.29) is 5.82 Å². The Labute approximate surface area is 128 Å². The lowest BCUT2D eigenvalue weighted by atomic mass is 10.2. The second-order valence-electron chi connectivity index (χ2n) is 4.50. The lowest BCUT2D eigenvalue weighted by Gasteiger charge is -2.11. The highest BCUT2D eigenvalue weighted by Gasteiger charge is 2.02. The quantitative estimate of drug-likeness (QED) is 0.657. The van der Waals surface area contributed by atoms with Crippen molar-refractivity contribution in [2.75, 3.05) is 13.2 Å². The van der Waals surface area contributed by atoms with E-state index in [1.807, 2.05) is 25.1 Å². The zero-order valence-corrected chi connectivity index (χ0v) is 12.5. The monoisotopic (exact) mass is 305 g/mol. The SMILES string of the molecule is Cc1ccc(F)cc1OCCOc1cccc(C(N)=S)c1. The fourth-order valence-electron chi connectivity index (χ4n) is 1.78. The van der Waals surface area contributed by atoms with Crippen molar-refractivity contribution < 1.29 is 13.9 Å². The molecule has 2 aromatic rings. The Balaban J connectivity index is 1.86. The number of rotatable bonds is 6. The van der Waals surface area contributed by atoms with E-state index in [0.29, 0.717) is 29.7 Å². The van der Waals surface area contributed by atoms with Crippen LogP contribution in [0.1, 0.15) is 11.1 Å². The van der Waals surface area contributed by atoms with Gasteiger partial charge in [-0.05, 0) is 30.7 Å². The van der Waals surface area contributed by atoms with E-state index in [1.165, 1.54) is 12.1 Å². The summed E-state index contributed by atoms with van der Waals surface area (Å²) >= 11 is 4.91. The van der Waals surface area contributed by atoms with Gasteiger partial charge in [-0.2, -0.15) is 0 Å². The molecular formula is C16H16FNO2S. The number of thiocarbonyl (C=S) groups is 1. The van der Waals surface area contributed by atoms with Crippen LogP contribution in [-0.2, 0) is 0 Å². The topological polar surface area (TPSA) is 44.5 Å². The maximum Gasteiger partial charge on any atom is 0.126 e. The number of hydrogen-bond donors (Lipinski definition) is 1. The van der Waals surface area contributed by atoms with Gasteiger partial charge in [0.1, 0.15) is 35.5 Å². The first-order valence-electron chi connectivity index (χ1n) is 6.48. The Bertz CT molecular complexity index is 646. The molecule has 0 heterocycles. The predicted molar refractivity (Wildman–Crippen MR) is 84.5 cm³/mol. The second kappa shape index (κ2) is 7.04. The summed E-state index contributed by atoms with van der Waals surface area (Å²) in [5.74, 6) is 0.871. The number of hydrogen-bond acceptors (Lipinski definition) is 3. The molecule has 0 aliphatic heterocycles. The molecule has 0 amide bonds. The number of halogens is 1. The third-order valence-corrected chi connectivity index (χ3v) is 3.11. The minimum Gasteiger partial charge on any atom is -0.490 e. The van der Waals surface area contributed by atoms with E-state index < -0.39 is 0 Å². The summed E-state index contributed by atoms with van der Waals surface area (Å²) < 4.78 is 24.2. The number of benzene rings is 2. The molecule has 0 fully saturated rings. The summed E-state index contributed by atoms with van der Waals surface area (Å²) in [5, 5.41) is 0. The van der Waals surface area contributed by atoms with Gasteiger partial charge < -0.3 is 15.2 Å². The zero-order chi connectivity index (χ0) is 15.2. The Hall–Kier alpha value is -2.14. The van der Waals surface area contributed by atoms with Crippen molar-refractivity contribution in [1.29, 1.82) is 0 Å². The lowest BCUT2D eigenvalue weighted by Crippen LogP contribution is -2.11. The normalized spacial score (nSPS) is 10.2. The molecule has 0 bridgehead atoms. The van der Waals surface area contributed by atoms with Gasteiger partial charge in [-0.15, -0.1) is 0 Å². The molecule has 3 nitrogen and oxygen atoms in total. The van der Waals surface area contributed by atoms with Crippen molar-refractivity contribution in [1.82, 2.24) is 0 Å². The van der Waals surface area contributed by atoms with E-state index in [1.54, 1.807) is 12.1 Å². The van der Waals surface area contributed by atoms with Crippen molar-refractivity contribution in [2.24, 2.45) is 5.73 Å². The van der Waals surface area contributed by atoms with Crippen LogP contribution in [0.15, 0.2) is 42.5 Å². The summed E-state index contributed by atoms with van der Waals surface area (Å²) in [6, 6.07) is 11.7. The van der Waals surface area contributed by atoms with Gasteiger partial charge in [-0.1, -0.05) is 30.4 Å². The van der Waals surface area contributed by atoms with Gasteiger partial charge in [0.05, 0.1) is 0 Å². The lowest BCUT2D eigenvalue weighted by molar-refractivity contribution is 0.216. The molecule has 0 saturated carbocycles.